The third-order valence-corrected chi connectivity index (χ3v) is 5.39. The molecule has 0 radical (unpaired) electrons. The van der Waals surface area contributed by atoms with Gasteiger partial charge in [0.15, 0.2) is 0 Å². The van der Waals surface area contributed by atoms with Gasteiger partial charge < -0.3 is 9.73 Å². The molecule has 0 aromatic carbocycles. The minimum Gasteiger partial charge on any atom is -0.469 e. The highest BCUT2D eigenvalue weighted by atomic mass is 32.2. The Balaban J connectivity index is 1.89. The third kappa shape index (κ3) is 4.96. The van der Waals surface area contributed by atoms with Gasteiger partial charge in [-0.3, -0.25) is 0 Å². The van der Waals surface area contributed by atoms with Crippen LogP contribution in [0.4, 0.5) is 0 Å². The van der Waals surface area contributed by atoms with Gasteiger partial charge in [-0.1, -0.05) is 13.8 Å². The lowest BCUT2D eigenvalue weighted by molar-refractivity contribution is 0.506. The second-order valence-electron chi connectivity index (χ2n) is 5.01. The Kier molecular flexibility index (Phi) is 5.58. The van der Waals surface area contributed by atoms with Crippen molar-refractivity contribution in [2.45, 2.75) is 37.8 Å². The van der Waals surface area contributed by atoms with Gasteiger partial charge in [-0.15, -0.1) is 11.3 Å². The number of hydrogen-bond donors (Lipinski definition) is 2. The minimum absolute atomic E-state index is 0.325. The standard InChI is InChI=1S/C14H20N2O3S2/c1-11(2)15-9-13-8-14(10-20-13)21(17,18)16-6-5-12-4-3-7-19-12/h3-4,7-8,10-11,15-16H,5-6,9H2,1-2H3. The van der Waals surface area contributed by atoms with E-state index in [0.717, 1.165) is 10.6 Å². The molecular formula is C14H20N2O3S2. The smallest absolute Gasteiger partial charge is 0.241 e. The highest BCUT2D eigenvalue weighted by Crippen LogP contribution is 2.19. The van der Waals surface area contributed by atoms with Crippen molar-refractivity contribution in [3.05, 3.63) is 40.5 Å². The van der Waals surface area contributed by atoms with Crippen molar-refractivity contribution in [2.75, 3.05) is 6.54 Å². The summed E-state index contributed by atoms with van der Waals surface area (Å²) in [6.45, 7) is 5.12. The monoisotopic (exact) mass is 328 g/mol. The fourth-order valence-corrected chi connectivity index (χ4v) is 4.00. The topological polar surface area (TPSA) is 71.3 Å². The highest BCUT2D eigenvalue weighted by molar-refractivity contribution is 7.89. The van der Waals surface area contributed by atoms with E-state index in [4.69, 9.17) is 4.42 Å². The summed E-state index contributed by atoms with van der Waals surface area (Å²) in [5.74, 6) is 0.768. The molecule has 0 aliphatic heterocycles. The van der Waals surface area contributed by atoms with E-state index in [9.17, 15) is 8.42 Å². The molecular weight excluding hydrogens is 308 g/mol. The first-order valence-electron chi connectivity index (χ1n) is 6.80. The molecule has 21 heavy (non-hydrogen) atoms. The lowest BCUT2D eigenvalue weighted by Gasteiger charge is -2.05. The molecule has 0 aliphatic rings. The average Bonchev–Trinajstić information content (AvgIpc) is 3.07. The Morgan fingerprint density at radius 2 is 2.19 bits per heavy atom. The van der Waals surface area contributed by atoms with Crippen LogP contribution in [0.5, 0.6) is 0 Å². The summed E-state index contributed by atoms with van der Waals surface area (Å²) >= 11 is 1.45. The van der Waals surface area contributed by atoms with Crippen molar-refractivity contribution in [2.24, 2.45) is 0 Å². The van der Waals surface area contributed by atoms with Crippen LogP contribution in [0.3, 0.4) is 0 Å². The fraction of sp³-hybridized carbons (Fsp3) is 0.429. The number of thiophene rings is 1. The summed E-state index contributed by atoms with van der Waals surface area (Å²) in [7, 11) is -3.44. The van der Waals surface area contributed by atoms with Crippen LogP contribution in [0.1, 0.15) is 24.5 Å². The fourth-order valence-electron chi connectivity index (χ4n) is 1.75. The Morgan fingerprint density at radius 1 is 1.38 bits per heavy atom. The molecule has 0 bridgehead atoms. The van der Waals surface area contributed by atoms with E-state index < -0.39 is 10.0 Å². The normalized spacial score (nSPS) is 12.1. The summed E-state index contributed by atoms with van der Waals surface area (Å²) in [4.78, 5) is 1.34. The molecule has 2 aromatic rings. The van der Waals surface area contributed by atoms with Gasteiger partial charge in [0.25, 0.3) is 0 Å². The largest absolute Gasteiger partial charge is 0.469 e. The lowest BCUT2D eigenvalue weighted by Crippen LogP contribution is -2.25. The van der Waals surface area contributed by atoms with E-state index in [1.54, 1.807) is 23.8 Å². The Labute approximate surface area is 129 Å². The number of furan rings is 1. The second kappa shape index (κ2) is 7.22. The molecule has 2 N–H and O–H groups in total. The van der Waals surface area contributed by atoms with Crippen molar-refractivity contribution in [1.82, 2.24) is 10.0 Å². The van der Waals surface area contributed by atoms with Gasteiger partial charge in [0.1, 0.15) is 5.76 Å². The molecule has 0 aliphatic carbocycles. The summed E-state index contributed by atoms with van der Waals surface area (Å²) in [6, 6.07) is 5.71. The lowest BCUT2D eigenvalue weighted by atomic mass is 10.3. The molecule has 0 unspecified atom stereocenters. The second-order valence-corrected chi connectivity index (χ2v) is 7.77. The van der Waals surface area contributed by atoms with Crippen LogP contribution in [0.2, 0.25) is 0 Å². The van der Waals surface area contributed by atoms with Crippen molar-refractivity contribution in [1.29, 1.82) is 0 Å². The maximum Gasteiger partial charge on any atom is 0.241 e. The maximum absolute atomic E-state index is 12.2. The summed E-state index contributed by atoms with van der Waals surface area (Å²) in [5.41, 5.74) is 0. The van der Waals surface area contributed by atoms with Crippen LogP contribution in [0, 0.1) is 0 Å². The first kappa shape index (κ1) is 16.2. The van der Waals surface area contributed by atoms with Gasteiger partial charge in [0, 0.05) is 35.8 Å². The SMILES string of the molecule is CC(C)NCc1cc(S(=O)(=O)NCCc2ccco2)cs1. The molecule has 116 valence electrons. The molecule has 2 heterocycles. The van der Waals surface area contributed by atoms with Gasteiger partial charge in [0.05, 0.1) is 11.2 Å². The Morgan fingerprint density at radius 3 is 2.86 bits per heavy atom. The van der Waals surface area contributed by atoms with Crippen LogP contribution in [0.15, 0.2) is 39.2 Å². The van der Waals surface area contributed by atoms with E-state index >= 15 is 0 Å². The minimum atomic E-state index is -3.44. The molecule has 5 nitrogen and oxygen atoms in total. The van der Waals surface area contributed by atoms with Crippen LogP contribution in [0.25, 0.3) is 0 Å². The van der Waals surface area contributed by atoms with Gasteiger partial charge in [-0.05, 0) is 18.2 Å². The molecule has 0 saturated heterocycles. The molecule has 0 amide bonds. The van der Waals surface area contributed by atoms with Gasteiger partial charge in [-0.25, -0.2) is 13.1 Å². The summed E-state index contributed by atoms with van der Waals surface area (Å²) < 4.78 is 32.1. The molecule has 0 saturated carbocycles. The zero-order chi connectivity index (χ0) is 15.3. The predicted molar refractivity (Wildman–Crippen MR) is 83.9 cm³/mol. The van der Waals surface area contributed by atoms with Crippen LogP contribution in [-0.4, -0.2) is 21.0 Å². The Bertz CT molecular complexity index is 646. The summed E-state index contributed by atoms with van der Waals surface area (Å²) in [6.07, 6.45) is 2.12. The van der Waals surface area contributed by atoms with E-state index in [1.165, 1.54) is 11.3 Å². The summed E-state index contributed by atoms with van der Waals surface area (Å²) in [5, 5.41) is 4.94. The highest BCUT2D eigenvalue weighted by Gasteiger charge is 2.16. The zero-order valence-corrected chi connectivity index (χ0v) is 13.8. The van der Waals surface area contributed by atoms with E-state index in [0.29, 0.717) is 30.4 Å². The van der Waals surface area contributed by atoms with Crippen LogP contribution < -0.4 is 10.0 Å². The number of nitrogens with one attached hydrogen (secondary N) is 2. The van der Waals surface area contributed by atoms with Gasteiger partial charge in [0.2, 0.25) is 10.0 Å². The third-order valence-electron chi connectivity index (χ3n) is 2.87. The quantitative estimate of drug-likeness (QED) is 0.780. The van der Waals surface area contributed by atoms with Crippen molar-refractivity contribution in [3.8, 4) is 0 Å². The van der Waals surface area contributed by atoms with Crippen LogP contribution >= 0.6 is 11.3 Å². The van der Waals surface area contributed by atoms with Crippen molar-refractivity contribution < 1.29 is 12.8 Å². The first-order valence-corrected chi connectivity index (χ1v) is 9.16. The molecule has 7 heteroatoms. The number of rotatable bonds is 8. The van der Waals surface area contributed by atoms with Crippen molar-refractivity contribution >= 4 is 21.4 Å². The van der Waals surface area contributed by atoms with Gasteiger partial charge in [-0.2, -0.15) is 0 Å². The molecule has 0 atom stereocenters. The van der Waals surface area contributed by atoms with E-state index in [2.05, 4.69) is 23.9 Å². The predicted octanol–water partition coefficient (Wildman–Crippen LogP) is 2.36. The molecule has 2 rings (SSSR count). The molecule has 2 aromatic heterocycles. The molecule has 0 spiro atoms. The maximum atomic E-state index is 12.2. The van der Waals surface area contributed by atoms with Crippen molar-refractivity contribution in [3.63, 3.8) is 0 Å². The average molecular weight is 328 g/mol. The molecule has 0 fully saturated rings. The van der Waals surface area contributed by atoms with E-state index in [-0.39, 0.29) is 0 Å². The Hall–Kier alpha value is -1.15. The van der Waals surface area contributed by atoms with Crippen LogP contribution in [-0.2, 0) is 23.0 Å². The number of sulfonamides is 1. The zero-order valence-electron chi connectivity index (χ0n) is 12.1. The van der Waals surface area contributed by atoms with Gasteiger partial charge >= 0.3 is 0 Å². The number of hydrogen-bond acceptors (Lipinski definition) is 5. The first-order chi connectivity index (χ1) is 9.97. The van der Waals surface area contributed by atoms with E-state index in [1.807, 2.05) is 6.07 Å².